The van der Waals surface area contributed by atoms with Crippen LogP contribution in [-0.2, 0) is 4.79 Å². The van der Waals surface area contributed by atoms with E-state index >= 15 is 0 Å². The smallest absolute Gasteiger partial charge is 0.277 e. The number of likely N-dealkylation sites (tertiary alicyclic amines) is 1. The average Bonchev–Trinajstić information content (AvgIpc) is 2.74. The fourth-order valence-electron chi connectivity index (χ4n) is 5.40. The van der Waals surface area contributed by atoms with Crippen molar-refractivity contribution in [3.63, 3.8) is 0 Å². The van der Waals surface area contributed by atoms with Crippen molar-refractivity contribution in [2.75, 3.05) is 51.3 Å². The van der Waals surface area contributed by atoms with Crippen molar-refractivity contribution in [1.82, 2.24) is 4.90 Å². The number of hydrogen-bond acceptors (Lipinski definition) is 3. The van der Waals surface area contributed by atoms with Gasteiger partial charge < -0.3 is 19.4 Å². The van der Waals surface area contributed by atoms with Crippen molar-refractivity contribution in [3.05, 3.63) is 24.3 Å². The number of piperazine rings is 1. The van der Waals surface area contributed by atoms with Gasteiger partial charge in [0, 0.05) is 37.8 Å². The van der Waals surface area contributed by atoms with Gasteiger partial charge in [-0.25, -0.2) is 0 Å². The summed E-state index contributed by atoms with van der Waals surface area (Å²) >= 11 is 0. The number of fused-ring (bicyclic) bond motifs is 1. The summed E-state index contributed by atoms with van der Waals surface area (Å²) in [6.45, 7) is 5.42. The van der Waals surface area contributed by atoms with Crippen molar-refractivity contribution >= 4 is 11.6 Å². The molecule has 0 bridgehead atoms. The maximum atomic E-state index is 12.9. The fraction of sp³-hybridized carbons (Fsp3) is 0.682. The number of amides is 1. The van der Waals surface area contributed by atoms with E-state index < -0.39 is 0 Å². The molecule has 1 aliphatic carbocycles. The molecule has 1 aromatic carbocycles. The highest BCUT2D eigenvalue weighted by Crippen LogP contribution is 2.28. The number of quaternary nitrogens is 1. The number of nitrogens with zero attached hydrogens (tertiary/aromatic N) is 2. The molecule has 0 aromatic heterocycles. The van der Waals surface area contributed by atoms with Gasteiger partial charge in [0.2, 0.25) is 0 Å². The lowest BCUT2D eigenvalue weighted by molar-refractivity contribution is -0.929. The minimum Gasteiger partial charge on any atom is -0.497 e. The molecule has 3 fully saturated rings. The van der Waals surface area contributed by atoms with Gasteiger partial charge in [0.15, 0.2) is 6.54 Å². The molecule has 1 aromatic rings. The topological polar surface area (TPSA) is 37.2 Å². The number of carbonyl (C=O) groups excluding carboxylic acids is 1. The first kappa shape index (κ1) is 18.6. The van der Waals surface area contributed by atoms with E-state index in [1.54, 1.807) is 12.0 Å². The van der Waals surface area contributed by atoms with Crippen LogP contribution in [0.25, 0.3) is 0 Å². The highest BCUT2D eigenvalue weighted by atomic mass is 16.5. The molecule has 2 heterocycles. The van der Waals surface area contributed by atoms with E-state index in [-0.39, 0.29) is 0 Å². The molecule has 0 radical (unpaired) electrons. The molecule has 1 unspecified atom stereocenters. The molecule has 27 heavy (non-hydrogen) atoms. The van der Waals surface area contributed by atoms with Gasteiger partial charge in [-0.2, -0.15) is 0 Å². The lowest BCUT2D eigenvalue weighted by Crippen LogP contribution is -3.18. The molecular weight excluding hydrogens is 338 g/mol. The van der Waals surface area contributed by atoms with Gasteiger partial charge >= 0.3 is 0 Å². The van der Waals surface area contributed by atoms with Gasteiger partial charge in [-0.1, -0.05) is 6.42 Å². The van der Waals surface area contributed by atoms with Crippen LogP contribution in [0, 0.1) is 5.92 Å². The zero-order valence-electron chi connectivity index (χ0n) is 16.7. The van der Waals surface area contributed by atoms with Crippen molar-refractivity contribution in [3.8, 4) is 5.75 Å². The Bertz CT molecular complexity index is 623. The van der Waals surface area contributed by atoms with E-state index in [4.69, 9.17) is 4.74 Å². The molecule has 3 aliphatic rings. The molecular formula is C22H34N3O2+. The van der Waals surface area contributed by atoms with Crippen LogP contribution in [0.15, 0.2) is 24.3 Å². The van der Waals surface area contributed by atoms with Crippen LogP contribution in [0.2, 0.25) is 0 Å². The van der Waals surface area contributed by atoms with Crippen molar-refractivity contribution in [2.45, 2.75) is 44.6 Å². The third kappa shape index (κ3) is 4.23. The van der Waals surface area contributed by atoms with E-state index in [9.17, 15) is 4.79 Å². The van der Waals surface area contributed by atoms with Crippen LogP contribution in [-0.4, -0.2) is 63.2 Å². The quantitative estimate of drug-likeness (QED) is 0.872. The lowest BCUT2D eigenvalue weighted by Gasteiger charge is -2.42. The van der Waals surface area contributed by atoms with Crippen LogP contribution in [0.4, 0.5) is 5.69 Å². The molecule has 1 saturated carbocycles. The Morgan fingerprint density at radius 3 is 2.48 bits per heavy atom. The van der Waals surface area contributed by atoms with Crippen LogP contribution < -0.4 is 14.5 Å². The molecule has 148 valence electrons. The van der Waals surface area contributed by atoms with Gasteiger partial charge in [-0.3, -0.25) is 4.79 Å². The monoisotopic (exact) mass is 372 g/mol. The maximum Gasteiger partial charge on any atom is 0.277 e. The molecule has 1 amide bonds. The molecule has 5 nitrogen and oxygen atoms in total. The van der Waals surface area contributed by atoms with E-state index in [1.165, 1.54) is 50.8 Å². The average molecular weight is 373 g/mol. The van der Waals surface area contributed by atoms with Crippen LogP contribution in [0.3, 0.4) is 0 Å². The number of rotatable bonds is 4. The Morgan fingerprint density at radius 2 is 1.74 bits per heavy atom. The minimum atomic E-state index is 0.366. The molecule has 0 spiro atoms. The number of nitrogens with one attached hydrogen (secondary N) is 1. The second-order valence-electron chi connectivity index (χ2n) is 8.44. The van der Waals surface area contributed by atoms with E-state index in [0.29, 0.717) is 12.5 Å². The first-order valence-electron chi connectivity index (χ1n) is 10.8. The summed E-state index contributed by atoms with van der Waals surface area (Å²) in [6, 6.07) is 8.98. The third-order valence-corrected chi connectivity index (χ3v) is 6.95. The van der Waals surface area contributed by atoms with Crippen molar-refractivity contribution in [1.29, 1.82) is 0 Å². The second-order valence-corrected chi connectivity index (χ2v) is 8.44. The Morgan fingerprint density at radius 1 is 1.04 bits per heavy atom. The second kappa shape index (κ2) is 8.51. The predicted octanol–water partition coefficient (Wildman–Crippen LogP) is 1.58. The zero-order valence-corrected chi connectivity index (χ0v) is 16.7. The third-order valence-electron chi connectivity index (χ3n) is 6.95. The van der Waals surface area contributed by atoms with Gasteiger partial charge in [-0.05, 0) is 56.4 Å². The number of ether oxygens (including phenoxy) is 1. The number of methoxy groups -OCH3 is 1. The van der Waals surface area contributed by atoms with Crippen LogP contribution >= 0.6 is 0 Å². The SMILES string of the molecule is COc1ccc(N2CCN(C(=O)C[NH+]3CCC[C@@H]4CCCC[C@@H]43)CC2)cc1. The van der Waals surface area contributed by atoms with E-state index in [2.05, 4.69) is 21.9 Å². The number of anilines is 1. The van der Waals surface area contributed by atoms with Gasteiger partial charge in [0.25, 0.3) is 5.91 Å². The van der Waals surface area contributed by atoms with Gasteiger partial charge in [0.1, 0.15) is 5.75 Å². The molecule has 1 N–H and O–H groups in total. The summed E-state index contributed by atoms with van der Waals surface area (Å²) in [6.07, 6.45) is 8.18. The highest BCUT2D eigenvalue weighted by Gasteiger charge is 2.38. The Hall–Kier alpha value is -1.75. The van der Waals surface area contributed by atoms with E-state index in [0.717, 1.165) is 43.9 Å². The highest BCUT2D eigenvalue weighted by molar-refractivity contribution is 5.77. The Kier molecular flexibility index (Phi) is 5.86. The first-order valence-corrected chi connectivity index (χ1v) is 10.8. The fourth-order valence-corrected chi connectivity index (χ4v) is 5.40. The molecule has 4 rings (SSSR count). The summed E-state index contributed by atoms with van der Waals surface area (Å²) in [5.41, 5.74) is 1.22. The summed E-state index contributed by atoms with van der Waals surface area (Å²) in [5.74, 6) is 2.13. The summed E-state index contributed by atoms with van der Waals surface area (Å²) in [7, 11) is 1.69. The minimum absolute atomic E-state index is 0.366. The number of hydrogen-bond donors (Lipinski definition) is 1. The number of piperidine rings is 1. The summed E-state index contributed by atoms with van der Waals surface area (Å²) in [4.78, 5) is 19.0. The normalized spacial score (nSPS) is 28.6. The predicted molar refractivity (Wildman–Crippen MR) is 107 cm³/mol. The van der Waals surface area contributed by atoms with Crippen LogP contribution in [0.1, 0.15) is 38.5 Å². The largest absolute Gasteiger partial charge is 0.497 e. The first-order chi connectivity index (χ1) is 13.2. The van der Waals surface area contributed by atoms with Crippen molar-refractivity contribution < 1.29 is 14.4 Å². The summed E-state index contributed by atoms with van der Waals surface area (Å²) < 4.78 is 5.24. The molecule has 2 saturated heterocycles. The van der Waals surface area contributed by atoms with Crippen LogP contribution in [0.5, 0.6) is 5.75 Å². The molecule has 2 aliphatic heterocycles. The maximum absolute atomic E-state index is 12.9. The lowest BCUT2D eigenvalue weighted by atomic mass is 9.78. The standard InChI is InChI=1S/C22H33N3O2/c1-27-20-10-8-19(9-11-20)23-13-15-24(16-14-23)22(26)17-25-12-4-6-18-5-2-3-7-21(18)25/h8-11,18,21H,2-7,12-17H2,1H3/p+1/t18-,21-/m0/s1. The van der Waals surface area contributed by atoms with E-state index in [1.807, 2.05) is 12.1 Å². The number of carbonyl (C=O) groups is 1. The summed E-state index contributed by atoms with van der Waals surface area (Å²) in [5, 5.41) is 0. The molecule has 5 heteroatoms. The zero-order chi connectivity index (χ0) is 18.6. The van der Waals surface area contributed by atoms with Gasteiger partial charge in [-0.15, -0.1) is 0 Å². The number of benzene rings is 1. The van der Waals surface area contributed by atoms with Crippen molar-refractivity contribution in [2.24, 2.45) is 5.92 Å². The Labute approximate surface area is 163 Å². The molecule has 3 atom stereocenters. The Balaban J connectivity index is 1.29. The van der Waals surface area contributed by atoms with Gasteiger partial charge in [0.05, 0.1) is 19.7 Å².